The fraction of sp³-hybridized carbons (Fsp3) is 0.310. The number of hydrogen-bond acceptors (Lipinski definition) is 6. The molecular formula is C29H31NO5. The SMILES string of the molecule is COc1ccc(CN2CCc3c(c4cc(OC)c(OC)cc4c4cc(OC)c(OC)cc34)C2)cc1. The van der Waals surface area contributed by atoms with Gasteiger partial charge in [0.15, 0.2) is 23.0 Å². The van der Waals surface area contributed by atoms with Crippen molar-refractivity contribution in [1.82, 2.24) is 4.90 Å². The second-order valence-corrected chi connectivity index (χ2v) is 8.77. The summed E-state index contributed by atoms with van der Waals surface area (Å²) in [6.45, 7) is 2.70. The Hall–Kier alpha value is -3.64. The summed E-state index contributed by atoms with van der Waals surface area (Å²) in [6.07, 6.45) is 0.946. The van der Waals surface area contributed by atoms with E-state index < -0.39 is 0 Å². The minimum absolute atomic E-state index is 0.710. The molecule has 0 amide bonds. The highest BCUT2D eigenvalue weighted by atomic mass is 16.5. The van der Waals surface area contributed by atoms with Crippen molar-refractivity contribution in [2.24, 2.45) is 0 Å². The van der Waals surface area contributed by atoms with Crippen molar-refractivity contribution in [3.63, 3.8) is 0 Å². The van der Waals surface area contributed by atoms with Gasteiger partial charge in [-0.15, -0.1) is 0 Å². The molecule has 0 radical (unpaired) electrons. The molecule has 1 aliphatic heterocycles. The Labute approximate surface area is 205 Å². The Morgan fingerprint density at radius 2 is 1.09 bits per heavy atom. The van der Waals surface area contributed by atoms with Gasteiger partial charge in [-0.25, -0.2) is 0 Å². The van der Waals surface area contributed by atoms with Crippen LogP contribution in [-0.4, -0.2) is 47.0 Å². The summed E-state index contributed by atoms with van der Waals surface area (Å²) >= 11 is 0. The van der Waals surface area contributed by atoms with E-state index in [1.165, 1.54) is 27.5 Å². The highest BCUT2D eigenvalue weighted by molar-refractivity contribution is 6.12. The Bertz CT molecular complexity index is 1380. The van der Waals surface area contributed by atoms with Crippen molar-refractivity contribution < 1.29 is 23.7 Å². The van der Waals surface area contributed by atoms with Crippen LogP contribution in [0, 0.1) is 0 Å². The first-order valence-electron chi connectivity index (χ1n) is 11.7. The third kappa shape index (κ3) is 4.08. The summed E-state index contributed by atoms with van der Waals surface area (Å²) in [6, 6.07) is 16.7. The van der Waals surface area contributed by atoms with Gasteiger partial charge < -0.3 is 23.7 Å². The molecule has 35 heavy (non-hydrogen) atoms. The van der Waals surface area contributed by atoms with E-state index in [1.807, 2.05) is 12.1 Å². The van der Waals surface area contributed by atoms with Crippen molar-refractivity contribution in [3.8, 4) is 28.7 Å². The lowest BCUT2D eigenvalue weighted by Gasteiger charge is -2.31. The van der Waals surface area contributed by atoms with E-state index in [1.54, 1.807) is 35.5 Å². The van der Waals surface area contributed by atoms with E-state index in [0.29, 0.717) is 11.5 Å². The largest absolute Gasteiger partial charge is 0.497 e. The molecule has 4 aromatic rings. The molecule has 0 N–H and O–H groups in total. The lowest BCUT2D eigenvalue weighted by Crippen LogP contribution is -2.30. The highest BCUT2D eigenvalue weighted by Gasteiger charge is 2.24. The summed E-state index contributed by atoms with van der Waals surface area (Å²) in [4.78, 5) is 2.49. The highest BCUT2D eigenvalue weighted by Crippen LogP contribution is 2.44. The van der Waals surface area contributed by atoms with Crippen molar-refractivity contribution in [2.75, 3.05) is 42.1 Å². The van der Waals surface area contributed by atoms with Crippen LogP contribution in [0.2, 0.25) is 0 Å². The first-order chi connectivity index (χ1) is 17.1. The van der Waals surface area contributed by atoms with Crippen molar-refractivity contribution in [2.45, 2.75) is 19.5 Å². The number of fused-ring (bicyclic) bond motifs is 6. The molecule has 0 saturated carbocycles. The minimum Gasteiger partial charge on any atom is -0.497 e. The quantitative estimate of drug-likeness (QED) is 0.326. The van der Waals surface area contributed by atoms with Crippen LogP contribution in [0.25, 0.3) is 21.5 Å². The topological polar surface area (TPSA) is 49.4 Å². The molecule has 0 aliphatic carbocycles. The van der Waals surface area contributed by atoms with Crippen molar-refractivity contribution in [1.29, 1.82) is 0 Å². The average molecular weight is 474 g/mol. The molecule has 6 heteroatoms. The lowest BCUT2D eigenvalue weighted by atomic mass is 9.87. The van der Waals surface area contributed by atoms with Crippen LogP contribution >= 0.6 is 0 Å². The lowest BCUT2D eigenvalue weighted by molar-refractivity contribution is 0.247. The van der Waals surface area contributed by atoms with E-state index in [9.17, 15) is 0 Å². The van der Waals surface area contributed by atoms with E-state index in [0.717, 1.165) is 54.1 Å². The predicted octanol–water partition coefficient (Wildman–Crippen LogP) is 5.59. The molecule has 1 heterocycles. The fourth-order valence-corrected chi connectivity index (χ4v) is 5.19. The first kappa shape index (κ1) is 23.1. The monoisotopic (exact) mass is 473 g/mol. The third-order valence-electron chi connectivity index (χ3n) is 6.98. The predicted molar refractivity (Wildman–Crippen MR) is 138 cm³/mol. The van der Waals surface area contributed by atoms with Gasteiger partial charge in [0.1, 0.15) is 5.75 Å². The van der Waals surface area contributed by atoms with Crippen LogP contribution < -0.4 is 23.7 Å². The van der Waals surface area contributed by atoms with Gasteiger partial charge >= 0.3 is 0 Å². The normalized spacial score (nSPS) is 13.5. The summed E-state index contributed by atoms with van der Waals surface area (Å²) in [5.74, 6) is 3.77. The molecule has 0 fully saturated rings. The first-order valence-corrected chi connectivity index (χ1v) is 11.7. The average Bonchev–Trinajstić information content (AvgIpc) is 2.91. The van der Waals surface area contributed by atoms with Crippen LogP contribution in [0.3, 0.4) is 0 Å². The zero-order valence-corrected chi connectivity index (χ0v) is 20.9. The van der Waals surface area contributed by atoms with Gasteiger partial charge in [-0.3, -0.25) is 4.90 Å². The van der Waals surface area contributed by atoms with E-state index >= 15 is 0 Å². The number of methoxy groups -OCH3 is 5. The van der Waals surface area contributed by atoms with Gasteiger partial charge in [-0.2, -0.15) is 0 Å². The Morgan fingerprint density at radius 1 is 0.600 bits per heavy atom. The summed E-state index contributed by atoms with van der Waals surface area (Å²) in [7, 11) is 8.40. The van der Waals surface area contributed by atoms with Gasteiger partial charge in [0.25, 0.3) is 0 Å². The molecular weight excluding hydrogens is 442 g/mol. The van der Waals surface area contributed by atoms with E-state index in [2.05, 4.69) is 41.3 Å². The number of ether oxygens (including phenoxy) is 5. The van der Waals surface area contributed by atoms with Crippen LogP contribution in [0.5, 0.6) is 28.7 Å². The molecule has 0 unspecified atom stereocenters. The van der Waals surface area contributed by atoms with Gasteiger partial charge in [0.05, 0.1) is 35.5 Å². The smallest absolute Gasteiger partial charge is 0.161 e. The van der Waals surface area contributed by atoms with Crippen LogP contribution in [-0.2, 0) is 19.5 Å². The zero-order valence-electron chi connectivity index (χ0n) is 20.9. The van der Waals surface area contributed by atoms with Crippen LogP contribution in [0.15, 0.2) is 48.5 Å². The molecule has 6 nitrogen and oxygen atoms in total. The number of nitrogens with zero attached hydrogens (tertiary/aromatic N) is 1. The maximum absolute atomic E-state index is 5.68. The molecule has 182 valence electrons. The maximum Gasteiger partial charge on any atom is 0.161 e. The number of benzene rings is 4. The molecule has 0 bridgehead atoms. The van der Waals surface area contributed by atoms with Crippen molar-refractivity contribution in [3.05, 3.63) is 65.2 Å². The number of hydrogen-bond donors (Lipinski definition) is 0. The second-order valence-electron chi connectivity index (χ2n) is 8.77. The van der Waals surface area contributed by atoms with Gasteiger partial charge in [0.2, 0.25) is 0 Å². The van der Waals surface area contributed by atoms with E-state index in [4.69, 9.17) is 23.7 Å². The van der Waals surface area contributed by atoms with Gasteiger partial charge in [0, 0.05) is 19.6 Å². The Balaban J connectivity index is 1.68. The van der Waals surface area contributed by atoms with Gasteiger partial charge in [-0.05, 0) is 81.1 Å². The zero-order chi connectivity index (χ0) is 24.5. The molecule has 0 atom stereocenters. The summed E-state index contributed by atoms with van der Waals surface area (Å²) in [5.41, 5.74) is 3.94. The Morgan fingerprint density at radius 3 is 1.57 bits per heavy atom. The standard InChI is InChI=1S/C29H31NO5/c1-31-19-8-6-18(7-9-19)16-30-11-10-20-21-12-26(32-2)27(33-3)13-22(21)23-14-28(34-4)29(35-5)15-24(23)25(20)17-30/h6-9,12-15H,10-11,16-17H2,1-5H3. The molecule has 0 saturated heterocycles. The van der Waals surface area contributed by atoms with Gasteiger partial charge in [-0.1, -0.05) is 12.1 Å². The summed E-state index contributed by atoms with van der Waals surface area (Å²) in [5, 5.41) is 4.61. The fourth-order valence-electron chi connectivity index (χ4n) is 5.19. The molecule has 4 aromatic carbocycles. The molecule has 0 aromatic heterocycles. The van der Waals surface area contributed by atoms with Crippen molar-refractivity contribution >= 4 is 21.5 Å². The maximum atomic E-state index is 5.68. The second kappa shape index (κ2) is 9.55. The third-order valence-corrected chi connectivity index (χ3v) is 6.98. The molecule has 1 aliphatic rings. The molecule has 0 spiro atoms. The minimum atomic E-state index is 0.710. The van der Waals surface area contributed by atoms with Crippen LogP contribution in [0.4, 0.5) is 0 Å². The Kier molecular flexibility index (Phi) is 6.31. The summed E-state index contributed by atoms with van der Waals surface area (Å²) < 4.78 is 27.9. The molecule has 5 rings (SSSR count). The van der Waals surface area contributed by atoms with Crippen LogP contribution in [0.1, 0.15) is 16.7 Å². The number of rotatable bonds is 7. The van der Waals surface area contributed by atoms with E-state index in [-0.39, 0.29) is 0 Å².